The molecule has 1 aromatic rings. The molecule has 0 aliphatic carbocycles. The summed E-state index contributed by atoms with van der Waals surface area (Å²) in [5.41, 5.74) is 14.7. The summed E-state index contributed by atoms with van der Waals surface area (Å²) in [5, 5.41) is 3.56. The van der Waals surface area contributed by atoms with Gasteiger partial charge in [-0.05, 0) is 30.2 Å². The van der Waals surface area contributed by atoms with Crippen molar-refractivity contribution in [1.82, 2.24) is 0 Å². The molecule has 0 saturated carbocycles. The third-order valence-corrected chi connectivity index (χ3v) is 1.89. The average Bonchev–Trinajstić information content (AvgIpc) is 2.15. The summed E-state index contributed by atoms with van der Waals surface area (Å²) in [6, 6.07) is 5.03. The second-order valence-corrected chi connectivity index (χ2v) is 3.06. The molecule has 0 saturated heterocycles. The predicted octanol–water partition coefficient (Wildman–Crippen LogP) is 2.95. The van der Waals surface area contributed by atoms with Gasteiger partial charge in [-0.25, -0.2) is 4.39 Å². The molecule has 0 bridgehead atoms. The lowest BCUT2D eigenvalue weighted by Gasteiger charge is -2.14. The Bertz CT molecular complexity index is 346. The number of benzene rings is 1. The highest BCUT2D eigenvalue weighted by atomic mass is 35.5. The Kier molecular flexibility index (Phi) is 5.70. The van der Waals surface area contributed by atoms with Gasteiger partial charge in [0.1, 0.15) is 5.82 Å². The summed E-state index contributed by atoms with van der Waals surface area (Å²) < 4.78 is 12.6. The number of nitrogens with zero attached hydrogens (tertiary/aromatic N) is 3. The first kappa shape index (κ1) is 13.7. The van der Waals surface area contributed by atoms with Crippen LogP contribution in [0.25, 0.3) is 10.4 Å². The van der Waals surface area contributed by atoms with Gasteiger partial charge in [-0.1, -0.05) is 17.2 Å². The number of nitrogens with two attached hydrogens (primary N) is 1. The van der Waals surface area contributed by atoms with E-state index in [4.69, 9.17) is 11.3 Å². The van der Waals surface area contributed by atoms with Crippen molar-refractivity contribution in [3.63, 3.8) is 0 Å². The molecule has 0 aliphatic rings. The van der Waals surface area contributed by atoms with Crippen molar-refractivity contribution in [3.8, 4) is 0 Å². The molecule has 6 heteroatoms. The first-order valence-electron chi connectivity index (χ1n) is 4.20. The van der Waals surface area contributed by atoms with Gasteiger partial charge < -0.3 is 5.73 Å². The highest BCUT2D eigenvalue weighted by molar-refractivity contribution is 5.85. The maximum absolute atomic E-state index is 12.6. The van der Waals surface area contributed by atoms with Crippen LogP contribution in [0.2, 0.25) is 0 Å². The molecule has 0 amide bonds. The summed E-state index contributed by atoms with van der Waals surface area (Å²) in [5.74, 6) is -0.321. The number of halogens is 2. The zero-order valence-corrected chi connectivity index (χ0v) is 8.99. The van der Waals surface area contributed by atoms with Crippen molar-refractivity contribution in [1.29, 1.82) is 0 Å². The van der Waals surface area contributed by atoms with Crippen LogP contribution in [0, 0.1) is 5.82 Å². The van der Waals surface area contributed by atoms with Crippen LogP contribution in [-0.4, -0.2) is 6.04 Å². The minimum absolute atomic E-state index is 0. The molecule has 0 fully saturated rings. The first-order chi connectivity index (χ1) is 6.65. The Balaban J connectivity index is 0.00000196. The molecule has 1 unspecified atom stereocenters. The van der Waals surface area contributed by atoms with Crippen LogP contribution in [0.5, 0.6) is 0 Å². The Morgan fingerprint density at radius 3 is 2.33 bits per heavy atom. The monoisotopic (exact) mass is 230 g/mol. The van der Waals surface area contributed by atoms with Crippen molar-refractivity contribution in [2.45, 2.75) is 19.0 Å². The molecule has 2 N–H and O–H groups in total. The Morgan fingerprint density at radius 2 is 1.93 bits per heavy atom. The zero-order valence-electron chi connectivity index (χ0n) is 8.17. The second kappa shape index (κ2) is 6.24. The van der Waals surface area contributed by atoms with Gasteiger partial charge in [-0.3, -0.25) is 0 Å². The maximum atomic E-state index is 12.6. The quantitative estimate of drug-likeness (QED) is 0.484. The largest absolute Gasteiger partial charge is 0.327 e. The Hall–Kier alpha value is -1.29. The summed E-state index contributed by atoms with van der Waals surface area (Å²) in [6.07, 6.45) is 0. The van der Waals surface area contributed by atoms with Crippen LogP contribution in [0.15, 0.2) is 29.4 Å². The Labute approximate surface area is 93.3 Å². The van der Waals surface area contributed by atoms with Crippen LogP contribution >= 0.6 is 12.4 Å². The molecule has 0 heterocycles. The zero-order chi connectivity index (χ0) is 10.6. The van der Waals surface area contributed by atoms with E-state index in [1.54, 1.807) is 19.1 Å². The van der Waals surface area contributed by atoms with E-state index >= 15 is 0 Å². The van der Waals surface area contributed by atoms with E-state index in [2.05, 4.69) is 10.0 Å². The minimum atomic E-state index is -0.444. The molecule has 0 spiro atoms. The van der Waals surface area contributed by atoms with E-state index in [0.29, 0.717) is 0 Å². The summed E-state index contributed by atoms with van der Waals surface area (Å²) in [7, 11) is 0. The van der Waals surface area contributed by atoms with E-state index in [0.717, 1.165) is 5.56 Å². The smallest absolute Gasteiger partial charge is 0.123 e. The molecule has 1 aromatic carbocycles. The van der Waals surface area contributed by atoms with Gasteiger partial charge in [0.15, 0.2) is 0 Å². The fraction of sp³-hybridized carbons (Fsp3) is 0.333. The fourth-order valence-corrected chi connectivity index (χ4v) is 1.19. The molecule has 0 aliphatic heterocycles. The third kappa shape index (κ3) is 3.75. The lowest BCUT2D eigenvalue weighted by atomic mass is 10.0. The van der Waals surface area contributed by atoms with Crippen molar-refractivity contribution >= 4 is 12.4 Å². The number of rotatable bonds is 3. The predicted molar refractivity (Wildman–Crippen MR) is 59.2 cm³/mol. The lowest BCUT2D eigenvalue weighted by molar-refractivity contribution is 0.581. The molecule has 4 nitrogen and oxygen atoms in total. The second-order valence-electron chi connectivity index (χ2n) is 3.06. The molecule has 1 rings (SSSR count). The third-order valence-electron chi connectivity index (χ3n) is 1.89. The number of hydrogen-bond acceptors (Lipinski definition) is 2. The van der Waals surface area contributed by atoms with Crippen LogP contribution < -0.4 is 5.73 Å². The van der Waals surface area contributed by atoms with E-state index < -0.39 is 6.04 Å². The summed E-state index contributed by atoms with van der Waals surface area (Å²) in [6.45, 7) is 1.74. The maximum Gasteiger partial charge on any atom is 0.123 e. The lowest BCUT2D eigenvalue weighted by Crippen LogP contribution is -2.22. The number of hydrogen-bond donors (Lipinski definition) is 1. The molecule has 15 heavy (non-hydrogen) atoms. The fourth-order valence-electron chi connectivity index (χ4n) is 1.19. The standard InChI is InChI=1S/C9H11FN4.ClH/c1-6(11)9(13-14-12)7-2-4-8(10)5-3-7;/h2-6,9H,11H2,1H3;1H/t6-,9?;/m1./s1. The number of azide groups is 1. The molecule has 82 valence electrons. The first-order valence-corrected chi connectivity index (χ1v) is 4.20. The highest BCUT2D eigenvalue weighted by Gasteiger charge is 2.13. The van der Waals surface area contributed by atoms with Gasteiger partial charge in [0.2, 0.25) is 0 Å². The van der Waals surface area contributed by atoms with E-state index in [1.807, 2.05) is 0 Å². The van der Waals surface area contributed by atoms with Gasteiger partial charge in [0.05, 0.1) is 6.04 Å². The van der Waals surface area contributed by atoms with E-state index in [9.17, 15) is 4.39 Å². The highest BCUT2D eigenvalue weighted by Crippen LogP contribution is 2.20. The minimum Gasteiger partial charge on any atom is -0.327 e. The van der Waals surface area contributed by atoms with Crippen LogP contribution in [0.1, 0.15) is 18.5 Å². The SMILES string of the molecule is C[C@@H](N)C(N=[N+]=[N-])c1ccc(F)cc1.Cl. The van der Waals surface area contributed by atoms with E-state index in [-0.39, 0.29) is 24.3 Å². The topological polar surface area (TPSA) is 74.8 Å². The van der Waals surface area contributed by atoms with Gasteiger partial charge in [0.25, 0.3) is 0 Å². The Morgan fingerprint density at radius 1 is 1.40 bits per heavy atom. The molecular weight excluding hydrogens is 219 g/mol. The van der Waals surface area contributed by atoms with Crippen molar-refractivity contribution in [2.75, 3.05) is 0 Å². The van der Waals surface area contributed by atoms with Crippen molar-refractivity contribution in [3.05, 3.63) is 46.1 Å². The van der Waals surface area contributed by atoms with Crippen LogP contribution in [0.3, 0.4) is 0 Å². The molecule has 0 aromatic heterocycles. The van der Waals surface area contributed by atoms with Gasteiger partial charge in [0, 0.05) is 11.0 Å². The van der Waals surface area contributed by atoms with E-state index in [1.165, 1.54) is 12.1 Å². The van der Waals surface area contributed by atoms with Crippen LogP contribution in [-0.2, 0) is 0 Å². The van der Waals surface area contributed by atoms with Crippen molar-refractivity contribution < 1.29 is 4.39 Å². The average molecular weight is 231 g/mol. The molecular formula is C9H12ClFN4. The van der Waals surface area contributed by atoms with Crippen LogP contribution in [0.4, 0.5) is 4.39 Å². The van der Waals surface area contributed by atoms with Gasteiger partial charge >= 0.3 is 0 Å². The molecule has 2 atom stereocenters. The molecule has 0 radical (unpaired) electrons. The van der Waals surface area contributed by atoms with Gasteiger partial charge in [-0.2, -0.15) is 0 Å². The summed E-state index contributed by atoms with van der Waals surface area (Å²) in [4.78, 5) is 2.71. The van der Waals surface area contributed by atoms with Crippen molar-refractivity contribution in [2.24, 2.45) is 10.8 Å². The normalized spacial score (nSPS) is 13.3. The summed E-state index contributed by atoms with van der Waals surface area (Å²) >= 11 is 0. The van der Waals surface area contributed by atoms with Gasteiger partial charge in [-0.15, -0.1) is 12.4 Å².